The SMILES string of the molecule is CCCCOCCOCC(C)CCl. The minimum atomic E-state index is 0.442. The van der Waals surface area contributed by atoms with Crippen LogP contribution in [0.1, 0.15) is 26.7 Å². The molecule has 1 atom stereocenters. The van der Waals surface area contributed by atoms with Gasteiger partial charge in [-0.1, -0.05) is 20.3 Å². The molecular formula is C10H21ClO2. The average Bonchev–Trinajstić information content (AvgIpc) is 2.16. The van der Waals surface area contributed by atoms with Crippen LogP contribution in [-0.4, -0.2) is 32.3 Å². The van der Waals surface area contributed by atoms with Gasteiger partial charge < -0.3 is 9.47 Å². The lowest BCUT2D eigenvalue weighted by atomic mass is 10.2. The summed E-state index contributed by atoms with van der Waals surface area (Å²) < 4.78 is 10.7. The molecule has 13 heavy (non-hydrogen) atoms. The molecular weight excluding hydrogens is 188 g/mol. The molecule has 0 aromatic heterocycles. The van der Waals surface area contributed by atoms with Gasteiger partial charge in [0.1, 0.15) is 0 Å². The van der Waals surface area contributed by atoms with Crippen LogP contribution in [0.25, 0.3) is 0 Å². The van der Waals surface area contributed by atoms with Gasteiger partial charge in [-0.15, -0.1) is 11.6 Å². The van der Waals surface area contributed by atoms with E-state index in [1.165, 1.54) is 6.42 Å². The lowest BCUT2D eigenvalue weighted by molar-refractivity contribution is 0.0373. The molecule has 0 spiro atoms. The van der Waals surface area contributed by atoms with Crippen LogP contribution in [0.5, 0.6) is 0 Å². The predicted molar refractivity (Wildman–Crippen MR) is 56.4 cm³/mol. The zero-order chi connectivity index (χ0) is 9.94. The summed E-state index contributed by atoms with van der Waals surface area (Å²) in [5.74, 6) is 1.11. The van der Waals surface area contributed by atoms with Crippen molar-refractivity contribution in [2.75, 3.05) is 32.3 Å². The van der Waals surface area contributed by atoms with Crippen molar-refractivity contribution in [2.24, 2.45) is 5.92 Å². The molecule has 0 N–H and O–H groups in total. The van der Waals surface area contributed by atoms with E-state index >= 15 is 0 Å². The van der Waals surface area contributed by atoms with E-state index in [0.29, 0.717) is 25.0 Å². The molecule has 0 bridgehead atoms. The van der Waals surface area contributed by atoms with Crippen LogP contribution in [0.2, 0.25) is 0 Å². The Bertz CT molecular complexity index is 98.9. The molecule has 0 aromatic rings. The maximum absolute atomic E-state index is 5.62. The molecule has 0 aliphatic heterocycles. The highest BCUT2D eigenvalue weighted by molar-refractivity contribution is 6.18. The van der Waals surface area contributed by atoms with E-state index < -0.39 is 0 Å². The van der Waals surface area contributed by atoms with Crippen LogP contribution in [0.4, 0.5) is 0 Å². The number of hydrogen-bond acceptors (Lipinski definition) is 2. The molecule has 2 nitrogen and oxygen atoms in total. The number of unbranched alkanes of at least 4 members (excludes halogenated alkanes) is 1. The normalized spacial score (nSPS) is 13.2. The molecule has 3 heteroatoms. The first kappa shape index (κ1) is 13.2. The molecule has 0 aliphatic rings. The molecule has 0 aromatic carbocycles. The first-order chi connectivity index (χ1) is 6.31. The summed E-state index contributed by atoms with van der Waals surface area (Å²) >= 11 is 5.62. The minimum absolute atomic E-state index is 0.442. The van der Waals surface area contributed by atoms with E-state index in [-0.39, 0.29) is 0 Å². The Morgan fingerprint density at radius 2 is 1.85 bits per heavy atom. The molecule has 0 saturated carbocycles. The van der Waals surface area contributed by atoms with Crippen molar-refractivity contribution in [1.29, 1.82) is 0 Å². The standard InChI is InChI=1S/C10H21ClO2/c1-3-4-5-12-6-7-13-9-10(2)8-11/h10H,3-9H2,1-2H3. The van der Waals surface area contributed by atoms with Crippen LogP contribution in [0, 0.1) is 5.92 Å². The van der Waals surface area contributed by atoms with Crippen molar-refractivity contribution >= 4 is 11.6 Å². The Morgan fingerprint density at radius 3 is 2.46 bits per heavy atom. The number of ether oxygens (including phenoxy) is 2. The van der Waals surface area contributed by atoms with Gasteiger partial charge in [0.05, 0.1) is 19.8 Å². The van der Waals surface area contributed by atoms with Gasteiger partial charge in [0.25, 0.3) is 0 Å². The van der Waals surface area contributed by atoms with Crippen molar-refractivity contribution < 1.29 is 9.47 Å². The van der Waals surface area contributed by atoms with Gasteiger partial charge in [0, 0.05) is 12.5 Å². The zero-order valence-electron chi connectivity index (χ0n) is 8.72. The molecule has 0 heterocycles. The molecule has 0 radical (unpaired) electrons. The molecule has 0 saturated heterocycles. The minimum Gasteiger partial charge on any atom is -0.379 e. The summed E-state index contributed by atoms with van der Waals surface area (Å²) in [6.45, 7) is 7.21. The van der Waals surface area contributed by atoms with E-state index in [0.717, 1.165) is 19.6 Å². The smallest absolute Gasteiger partial charge is 0.0700 e. The van der Waals surface area contributed by atoms with Gasteiger partial charge in [-0.25, -0.2) is 0 Å². The topological polar surface area (TPSA) is 18.5 Å². The zero-order valence-corrected chi connectivity index (χ0v) is 9.48. The summed E-state index contributed by atoms with van der Waals surface area (Å²) in [5.41, 5.74) is 0. The van der Waals surface area contributed by atoms with Crippen molar-refractivity contribution in [3.05, 3.63) is 0 Å². The maximum Gasteiger partial charge on any atom is 0.0700 e. The van der Waals surface area contributed by atoms with E-state index in [1.807, 2.05) is 0 Å². The maximum atomic E-state index is 5.62. The van der Waals surface area contributed by atoms with E-state index in [2.05, 4.69) is 13.8 Å². The van der Waals surface area contributed by atoms with Gasteiger partial charge in [-0.3, -0.25) is 0 Å². The summed E-state index contributed by atoms with van der Waals surface area (Å²) in [5, 5.41) is 0. The molecule has 0 amide bonds. The molecule has 1 unspecified atom stereocenters. The molecule has 0 aliphatic carbocycles. The van der Waals surface area contributed by atoms with E-state index in [1.54, 1.807) is 0 Å². The monoisotopic (exact) mass is 208 g/mol. The largest absolute Gasteiger partial charge is 0.379 e. The second-order valence-corrected chi connectivity index (χ2v) is 3.61. The first-order valence-electron chi connectivity index (χ1n) is 5.02. The quantitative estimate of drug-likeness (QED) is 0.429. The second kappa shape index (κ2) is 10.3. The lowest BCUT2D eigenvalue weighted by Gasteiger charge is -2.08. The Balaban J connectivity index is 2.91. The third-order valence-electron chi connectivity index (χ3n) is 1.68. The van der Waals surface area contributed by atoms with Gasteiger partial charge in [-0.2, -0.15) is 0 Å². The van der Waals surface area contributed by atoms with Crippen LogP contribution in [0.3, 0.4) is 0 Å². The number of halogens is 1. The fraction of sp³-hybridized carbons (Fsp3) is 1.00. The van der Waals surface area contributed by atoms with E-state index in [9.17, 15) is 0 Å². The number of hydrogen-bond donors (Lipinski definition) is 0. The van der Waals surface area contributed by atoms with Crippen molar-refractivity contribution in [3.8, 4) is 0 Å². The Morgan fingerprint density at radius 1 is 1.15 bits per heavy atom. The third kappa shape index (κ3) is 10.1. The van der Waals surface area contributed by atoms with Gasteiger partial charge in [0.15, 0.2) is 0 Å². The van der Waals surface area contributed by atoms with Gasteiger partial charge in [-0.05, 0) is 12.3 Å². The highest BCUT2D eigenvalue weighted by atomic mass is 35.5. The average molecular weight is 209 g/mol. The molecule has 80 valence electrons. The Labute approximate surface area is 86.6 Å². The summed E-state index contributed by atoms with van der Waals surface area (Å²) in [6.07, 6.45) is 2.32. The van der Waals surface area contributed by atoms with Crippen LogP contribution >= 0.6 is 11.6 Å². The fourth-order valence-corrected chi connectivity index (χ4v) is 0.884. The van der Waals surface area contributed by atoms with Crippen molar-refractivity contribution in [1.82, 2.24) is 0 Å². The van der Waals surface area contributed by atoms with Crippen LogP contribution in [0.15, 0.2) is 0 Å². The lowest BCUT2D eigenvalue weighted by Crippen LogP contribution is -2.11. The Kier molecular flexibility index (Phi) is 10.5. The highest BCUT2D eigenvalue weighted by Gasteiger charge is 1.98. The highest BCUT2D eigenvalue weighted by Crippen LogP contribution is 1.98. The number of rotatable bonds is 9. The van der Waals surface area contributed by atoms with Gasteiger partial charge in [0.2, 0.25) is 0 Å². The van der Waals surface area contributed by atoms with Crippen molar-refractivity contribution in [2.45, 2.75) is 26.7 Å². The van der Waals surface area contributed by atoms with Crippen LogP contribution < -0.4 is 0 Å². The summed E-state index contributed by atoms with van der Waals surface area (Å²) in [6, 6.07) is 0. The van der Waals surface area contributed by atoms with E-state index in [4.69, 9.17) is 21.1 Å². The molecule has 0 rings (SSSR count). The first-order valence-corrected chi connectivity index (χ1v) is 5.56. The second-order valence-electron chi connectivity index (χ2n) is 3.30. The molecule has 0 fully saturated rings. The Hall–Kier alpha value is 0.210. The van der Waals surface area contributed by atoms with Crippen LogP contribution in [-0.2, 0) is 9.47 Å². The van der Waals surface area contributed by atoms with Gasteiger partial charge >= 0.3 is 0 Å². The summed E-state index contributed by atoms with van der Waals surface area (Å²) in [4.78, 5) is 0. The van der Waals surface area contributed by atoms with Crippen molar-refractivity contribution in [3.63, 3.8) is 0 Å². The summed E-state index contributed by atoms with van der Waals surface area (Å²) in [7, 11) is 0. The fourth-order valence-electron chi connectivity index (χ4n) is 0.795. The predicted octanol–water partition coefficient (Wildman–Crippen LogP) is 2.69. The third-order valence-corrected chi connectivity index (χ3v) is 2.21. The number of alkyl halides is 1.